The van der Waals surface area contributed by atoms with Gasteiger partial charge in [0, 0.05) is 19.8 Å². The summed E-state index contributed by atoms with van der Waals surface area (Å²) >= 11 is 0. The number of rotatable bonds is 7. The molecule has 1 rings (SSSR count). The maximum Gasteiger partial charge on any atom is 0.243 e. The largest absolute Gasteiger partial charge is 0.368 e. The molecule has 0 saturated carbocycles. The van der Waals surface area contributed by atoms with E-state index < -0.39 is 35.6 Å². The van der Waals surface area contributed by atoms with Crippen LogP contribution in [0, 0.1) is 18.2 Å². The monoisotopic (exact) mass is 319 g/mol. The first kappa shape index (κ1) is 18.2. The number of nitrogens with one attached hydrogen (secondary N) is 2. The Hall–Kier alpha value is -2.88. The van der Waals surface area contributed by atoms with Crippen molar-refractivity contribution < 1.29 is 18.8 Å². The molecule has 0 fully saturated rings. The number of nitrogens with two attached hydrogens (primary N) is 1. The van der Waals surface area contributed by atoms with Gasteiger partial charge in [0.25, 0.3) is 0 Å². The Morgan fingerprint density at radius 3 is 2.43 bits per heavy atom. The molecular formula is C16H18FN3O3. The highest BCUT2D eigenvalue weighted by atomic mass is 19.1. The van der Waals surface area contributed by atoms with Crippen LogP contribution in [0.15, 0.2) is 24.3 Å². The third-order valence-corrected chi connectivity index (χ3v) is 3.06. The third-order valence-electron chi connectivity index (χ3n) is 3.06. The lowest BCUT2D eigenvalue weighted by Gasteiger charge is -2.20. The van der Waals surface area contributed by atoms with Gasteiger partial charge in [-0.15, -0.1) is 12.3 Å². The molecule has 7 heteroatoms. The topological polar surface area (TPSA) is 101 Å². The summed E-state index contributed by atoms with van der Waals surface area (Å²) in [5.74, 6) is -0.181. The van der Waals surface area contributed by atoms with Gasteiger partial charge in [-0.25, -0.2) is 4.39 Å². The average molecular weight is 319 g/mol. The molecule has 1 aromatic rings. The molecule has 4 N–H and O–H groups in total. The van der Waals surface area contributed by atoms with Crippen LogP contribution in [0.4, 0.5) is 4.39 Å². The molecule has 0 aromatic heterocycles. The molecule has 0 aliphatic carbocycles. The van der Waals surface area contributed by atoms with Gasteiger partial charge in [-0.2, -0.15) is 0 Å². The van der Waals surface area contributed by atoms with Crippen molar-refractivity contribution in [2.45, 2.75) is 31.8 Å². The number of amides is 3. The number of carbonyl (C=O) groups is 3. The molecule has 0 aliphatic rings. The van der Waals surface area contributed by atoms with Crippen LogP contribution in [0.5, 0.6) is 0 Å². The van der Waals surface area contributed by atoms with Crippen LogP contribution in [-0.4, -0.2) is 29.8 Å². The average Bonchev–Trinajstić information content (AvgIpc) is 2.47. The predicted octanol–water partition coefficient (Wildman–Crippen LogP) is -0.134. The summed E-state index contributed by atoms with van der Waals surface area (Å²) in [7, 11) is 0. The maximum atomic E-state index is 13.7. The maximum absolute atomic E-state index is 13.7. The summed E-state index contributed by atoms with van der Waals surface area (Å²) in [5.41, 5.74) is 5.41. The Kier molecular flexibility index (Phi) is 6.74. The molecule has 0 radical (unpaired) electrons. The zero-order valence-electron chi connectivity index (χ0n) is 12.6. The Labute approximate surface area is 133 Å². The highest BCUT2D eigenvalue weighted by Gasteiger charge is 2.25. The minimum absolute atomic E-state index is 0.0698. The van der Waals surface area contributed by atoms with Crippen molar-refractivity contribution in [1.82, 2.24) is 10.6 Å². The van der Waals surface area contributed by atoms with Gasteiger partial charge in [0.05, 0.1) is 0 Å². The molecule has 0 unspecified atom stereocenters. The lowest BCUT2D eigenvalue weighted by molar-refractivity contribution is -0.130. The minimum atomic E-state index is -1.05. The number of halogens is 1. The Balaban J connectivity index is 2.90. The van der Waals surface area contributed by atoms with Crippen LogP contribution in [0.25, 0.3) is 0 Å². The van der Waals surface area contributed by atoms with E-state index in [1.54, 1.807) is 6.07 Å². The second kappa shape index (κ2) is 8.54. The van der Waals surface area contributed by atoms with E-state index in [4.69, 9.17) is 12.2 Å². The van der Waals surface area contributed by atoms with E-state index in [2.05, 4.69) is 16.6 Å². The van der Waals surface area contributed by atoms with Crippen molar-refractivity contribution in [3.8, 4) is 12.3 Å². The Bertz CT molecular complexity index is 640. The number of carbonyl (C=O) groups excluding carboxylic acids is 3. The van der Waals surface area contributed by atoms with Crippen LogP contribution in [0.3, 0.4) is 0 Å². The van der Waals surface area contributed by atoms with Crippen molar-refractivity contribution in [2.75, 3.05) is 0 Å². The lowest BCUT2D eigenvalue weighted by atomic mass is 10.0. The summed E-state index contributed by atoms with van der Waals surface area (Å²) < 4.78 is 13.7. The third kappa shape index (κ3) is 5.79. The summed E-state index contributed by atoms with van der Waals surface area (Å²) in [5, 5.41) is 4.79. The van der Waals surface area contributed by atoms with Gasteiger partial charge in [0.15, 0.2) is 0 Å². The smallest absolute Gasteiger partial charge is 0.243 e. The zero-order valence-corrected chi connectivity index (χ0v) is 12.6. The van der Waals surface area contributed by atoms with Gasteiger partial charge in [-0.3, -0.25) is 14.4 Å². The van der Waals surface area contributed by atoms with E-state index in [9.17, 15) is 18.8 Å². The van der Waals surface area contributed by atoms with Gasteiger partial charge in [0.1, 0.15) is 17.9 Å². The molecule has 3 amide bonds. The van der Waals surface area contributed by atoms with Gasteiger partial charge >= 0.3 is 0 Å². The standard InChI is InChI=1S/C16H18FN3O3/c1-3-6-13(15(18)22)20-16(23)14(19-10(2)21)9-11-7-4-5-8-12(11)17/h1,4-5,7-8,13-14H,6,9H2,2H3,(H2,18,22)(H,19,21)(H,20,23)/t13-,14-/m0/s1. The van der Waals surface area contributed by atoms with Gasteiger partial charge in [0.2, 0.25) is 17.7 Å². The number of hydrogen-bond acceptors (Lipinski definition) is 3. The van der Waals surface area contributed by atoms with E-state index in [0.29, 0.717) is 0 Å². The molecule has 0 bridgehead atoms. The molecule has 1 aromatic carbocycles. The highest BCUT2D eigenvalue weighted by molar-refractivity contribution is 5.91. The second-order valence-electron chi connectivity index (χ2n) is 4.92. The normalized spacial score (nSPS) is 12.6. The van der Waals surface area contributed by atoms with Gasteiger partial charge < -0.3 is 16.4 Å². The molecule has 0 saturated heterocycles. The first-order valence-corrected chi connectivity index (χ1v) is 6.88. The number of benzene rings is 1. The summed E-state index contributed by atoms with van der Waals surface area (Å²) in [6, 6.07) is 3.79. The fourth-order valence-electron chi connectivity index (χ4n) is 1.95. The van der Waals surface area contributed by atoms with E-state index in [-0.39, 0.29) is 18.4 Å². The fourth-order valence-corrected chi connectivity index (χ4v) is 1.95. The van der Waals surface area contributed by atoms with E-state index in [0.717, 1.165) is 0 Å². The molecule has 0 spiro atoms. The van der Waals surface area contributed by atoms with E-state index in [1.807, 2.05) is 0 Å². The molecule has 0 aliphatic heterocycles. The van der Waals surface area contributed by atoms with Crippen LogP contribution in [-0.2, 0) is 20.8 Å². The Morgan fingerprint density at radius 1 is 1.26 bits per heavy atom. The SMILES string of the molecule is C#CC[C@H](NC(=O)[C@H](Cc1ccccc1F)NC(C)=O)C(N)=O. The van der Waals surface area contributed by atoms with Crippen molar-refractivity contribution in [3.63, 3.8) is 0 Å². The highest BCUT2D eigenvalue weighted by Crippen LogP contribution is 2.09. The van der Waals surface area contributed by atoms with Crippen molar-refractivity contribution in [2.24, 2.45) is 5.73 Å². The van der Waals surface area contributed by atoms with Crippen molar-refractivity contribution in [1.29, 1.82) is 0 Å². The first-order valence-electron chi connectivity index (χ1n) is 6.88. The predicted molar refractivity (Wildman–Crippen MR) is 82.3 cm³/mol. The molecule has 0 heterocycles. The molecule has 23 heavy (non-hydrogen) atoms. The van der Waals surface area contributed by atoms with Crippen LogP contribution >= 0.6 is 0 Å². The quantitative estimate of drug-likeness (QED) is 0.610. The molecule has 2 atom stereocenters. The number of hydrogen-bond donors (Lipinski definition) is 3. The number of terminal acetylenes is 1. The fraction of sp³-hybridized carbons (Fsp3) is 0.312. The first-order chi connectivity index (χ1) is 10.8. The second-order valence-corrected chi connectivity index (χ2v) is 4.92. The zero-order chi connectivity index (χ0) is 17.4. The summed E-state index contributed by atoms with van der Waals surface area (Å²) in [4.78, 5) is 34.8. The van der Waals surface area contributed by atoms with E-state index in [1.165, 1.54) is 25.1 Å². The molecular weight excluding hydrogens is 301 g/mol. The van der Waals surface area contributed by atoms with Gasteiger partial charge in [-0.05, 0) is 11.6 Å². The van der Waals surface area contributed by atoms with Crippen LogP contribution in [0.2, 0.25) is 0 Å². The van der Waals surface area contributed by atoms with E-state index >= 15 is 0 Å². The number of primary amides is 1. The van der Waals surface area contributed by atoms with Crippen molar-refractivity contribution >= 4 is 17.7 Å². The molecule has 122 valence electrons. The van der Waals surface area contributed by atoms with Crippen LogP contribution < -0.4 is 16.4 Å². The lowest BCUT2D eigenvalue weighted by Crippen LogP contribution is -2.53. The molecule has 6 nitrogen and oxygen atoms in total. The summed E-state index contributed by atoms with van der Waals surface area (Å²) in [6.45, 7) is 1.23. The summed E-state index contributed by atoms with van der Waals surface area (Å²) in [6.07, 6.45) is 4.97. The van der Waals surface area contributed by atoms with Gasteiger partial charge in [-0.1, -0.05) is 18.2 Å². The minimum Gasteiger partial charge on any atom is -0.368 e. The Morgan fingerprint density at radius 2 is 1.91 bits per heavy atom. The van der Waals surface area contributed by atoms with Crippen LogP contribution in [0.1, 0.15) is 18.9 Å². The van der Waals surface area contributed by atoms with Crippen molar-refractivity contribution in [3.05, 3.63) is 35.6 Å².